The lowest BCUT2D eigenvalue weighted by atomic mass is 10.2. The van der Waals surface area contributed by atoms with Crippen molar-refractivity contribution >= 4 is 38.5 Å². The molecule has 0 N–H and O–H groups in total. The van der Waals surface area contributed by atoms with Crippen LogP contribution in [0, 0.1) is 9.39 Å². The third-order valence-corrected chi connectivity index (χ3v) is 3.56. The van der Waals surface area contributed by atoms with E-state index in [0.717, 1.165) is 6.07 Å². The van der Waals surface area contributed by atoms with E-state index in [9.17, 15) is 31.1 Å². The molecule has 4 nitrogen and oxygen atoms in total. The van der Waals surface area contributed by atoms with Gasteiger partial charge in [-0.05, 0) is 34.7 Å². The first-order valence-corrected chi connectivity index (χ1v) is 6.61. The summed E-state index contributed by atoms with van der Waals surface area (Å²) in [5, 5.41) is 11.3. The number of halogens is 5. The van der Waals surface area contributed by atoms with Gasteiger partial charge in [-0.1, -0.05) is 6.07 Å². The highest BCUT2D eigenvalue weighted by Gasteiger charge is 2.45. The van der Waals surface area contributed by atoms with Crippen LogP contribution in [-0.4, -0.2) is 19.8 Å². The summed E-state index contributed by atoms with van der Waals surface area (Å²) in [6.07, 6.45) is 0. The number of alkyl halides is 3. The predicted octanol–water partition coefficient (Wildman–Crippen LogP) is 1.39. The quantitative estimate of drug-likeness (QED) is 0.329. The number of nitrogens with zero attached hydrogens (tertiary/aromatic N) is 1. The summed E-state index contributed by atoms with van der Waals surface area (Å²) in [6, 6.07) is 3.25. The number of hydrogen-bond donors (Lipinski definition) is 0. The minimum Gasteiger partial charge on any atom is -0.858 e. The fourth-order valence-electron chi connectivity index (χ4n) is 0.909. The molecule has 0 aliphatic rings. The van der Waals surface area contributed by atoms with Crippen LogP contribution in [0.3, 0.4) is 0 Å². The molecule has 0 bridgehead atoms. The Morgan fingerprint density at radius 2 is 1.89 bits per heavy atom. The van der Waals surface area contributed by atoms with E-state index in [0.29, 0.717) is 0 Å². The van der Waals surface area contributed by atoms with Crippen LogP contribution in [0.15, 0.2) is 22.6 Å². The highest BCUT2D eigenvalue weighted by Crippen LogP contribution is 2.25. The number of sulfonamides is 1. The van der Waals surface area contributed by atoms with Crippen LogP contribution < -0.4 is 5.11 Å². The molecule has 0 atom stereocenters. The van der Waals surface area contributed by atoms with Gasteiger partial charge in [-0.2, -0.15) is 26.0 Å². The Bertz CT molecular complexity index is 577. The molecule has 0 heterocycles. The average Bonchev–Trinajstić information content (AvgIpc) is 2.14. The zero-order valence-electron chi connectivity index (χ0n) is 8.20. The van der Waals surface area contributed by atoms with E-state index in [1.165, 1.54) is 34.7 Å². The Kier molecular flexibility index (Phi) is 4.20. The van der Waals surface area contributed by atoms with Crippen LogP contribution in [-0.2, 0) is 10.0 Å². The van der Waals surface area contributed by atoms with Crippen LogP contribution in [0.4, 0.5) is 17.6 Å². The molecule has 1 aromatic carbocycles. The third-order valence-electron chi connectivity index (χ3n) is 1.67. The van der Waals surface area contributed by atoms with Crippen molar-refractivity contribution in [2.75, 3.05) is 0 Å². The van der Waals surface area contributed by atoms with E-state index in [1.54, 1.807) is 0 Å². The minimum absolute atomic E-state index is 0.0428. The molecule has 0 radical (unpaired) electrons. The molecular formula is C8H3F4INO3S-. The summed E-state index contributed by atoms with van der Waals surface area (Å²) in [7, 11) is -5.97. The lowest BCUT2D eigenvalue weighted by Gasteiger charge is -2.14. The molecule has 1 rings (SSSR count). The van der Waals surface area contributed by atoms with Crippen molar-refractivity contribution < 1.29 is 31.1 Å². The maximum absolute atomic E-state index is 13.2. The molecule has 0 saturated heterocycles. The summed E-state index contributed by atoms with van der Waals surface area (Å²) in [5.41, 5.74) is -6.51. The molecule has 0 amide bonds. The van der Waals surface area contributed by atoms with E-state index in [2.05, 4.69) is 0 Å². The Balaban J connectivity index is 3.37. The largest absolute Gasteiger partial charge is 0.858 e. The summed E-state index contributed by atoms with van der Waals surface area (Å²) >= 11 is 1.48. The highest BCUT2D eigenvalue weighted by molar-refractivity contribution is 14.1. The molecule has 0 spiro atoms. The zero-order chi connectivity index (χ0) is 14.1. The van der Waals surface area contributed by atoms with Crippen molar-refractivity contribution in [2.24, 2.45) is 4.40 Å². The molecule has 18 heavy (non-hydrogen) atoms. The number of rotatable bonds is 2. The van der Waals surface area contributed by atoms with Crippen molar-refractivity contribution in [3.63, 3.8) is 0 Å². The highest BCUT2D eigenvalue weighted by atomic mass is 127. The Labute approximate surface area is 113 Å². The van der Waals surface area contributed by atoms with E-state index < -0.39 is 32.8 Å². The van der Waals surface area contributed by atoms with Gasteiger partial charge in [0.1, 0.15) is 5.82 Å². The second-order valence-corrected chi connectivity index (χ2v) is 5.67. The molecular weight excluding hydrogens is 393 g/mol. The van der Waals surface area contributed by atoms with Crippen molar-refractivity contribution in [2.45, 2.75) is 5.51 Å². The van der Waals surface area contributed by atoms with Gasteiger partial charge >= 0.3 is 15.5 Å². The SMILES string of the molecule is O=S(=O)(/N=C(\[O-])c1c(F)cccc1I)C(F)(F)F. The normalized spacial score (nSPS) is 13.7. The Morgan fingerprint density at radius 3 is 2.33 bits per heavy atom. The van der Waals surface area contributed by atoms with Gasteiger partial charge < -0.3 is 5.11 Å². The molecule has 0 aliphatic carbocycles. The first-order chi connectivity index (χ1) is 8.06. The van der Waals surface area contributed by atoms with E-state index >= 15 is 0 Å². The van der Waals surface area contributed by atoms with Gasteiger partial charge in [0.15, 0.2) is 0 Å². The van der Waals surface area contributed by atoms with E-state index in [1.807, 2.05) is 4.40 Å². The molecule has 0 fully saturated rings. The van der Waals surface area contributed by atoms with Crippen LogP contribution in [0.2, 0.25) is 0 Å². The lowest BCUT2D eigenvalue weighted by Crippen LogP contribution is -2.28. The second-order valence-electron chi connectivity index (χ2n) is 2.91. The smallest absolute Gasteiger partial charge is 0.518 e. The van der Waals surface area contributed by atoms with E-state index in [4.69, 9.17) is 0 Å². The minimum atomic E-state index is -5.97. The van der Waals surface area contributed by atoms with Gasteiger partial charge in [0.05, 0.1) is 0 Å². The van der Waals surface area contributed by atoms with Crippen molar-refractivity contribution in [3.8, 4) is 0 Å². The van der Waals surface area contributed by atoms with Gasteiger partial charge in [0, 0.05) is 15.0 Å². The Hall–Kier alpha value is -0.910. The summed E-state index contributed by atoms with van der Waals surface area (Å²) in [6.45, 7) is 0. The van der Waals surface area contributed by atoms with Crippen LogP contribution in [0.25, 0.3) is 0 Å². The number of benzene rings is 1. The fraction of sp³-hybridized carbons (Fsp3) is 0.125. The molecule has 100 valence electrons. The standard InChI is InChI=1S/C8H4F4INO3S/c9-4-2-1-3-5(13)6(4)7(15)14-18(16,17)8(10,11)12/h1-3H,(H,14,15)/p-1. The van der Waals surface area contributed by atoms with Crippen LogP contribution in [0.5, 0.6) is 0 Å². The molecule has 10 heteroatoms. The summed E-state index contributed by atoms with van der Waals surface area (Å²) in [5.74, 6) is -2.94. The predicted molar refractivity (Wildman–Crippen MR) is 60.6 cm³/mol. The first kappa shape index (κ1) is 15.1. The zero-order valence-corrected chi connectivity index (χ0v) is 11.2. The van der Waals surface area contributed by atoms with Gasteiger partial charge in [0.2, 0.25) is 0 Å². The first-order valence-electron chi connectivity index (χ1n) is 4.09. The molecule has 0 unspecified atom stereocenters. The summed E-state index contributed by atoms with van der Waals surface area (Å²) in [4.78, 5) is 0. The van der Waals surface area contributed by atoms with Gasteiger partial charge in [-0.3, -0.25) is 0 Å². The average molecular weight is 396 g/mol. The van der Waals surface area contributed by atoms with Gasteiger partial charge in [-0.15, -0.1) is 0 Å². The molecule has 0 saturated carbocycles. The Morgan fingerprint density at radius 1 is 1.33 bits per heavy atom. The fourth-order valence-corrected chi connectivity index (χ4v) is 2.02. The lowest BCUT2D eigenvalue weighted by molar-refractivity contribution is -0.212. The molecule has 1 aromatic rings. The third kappa shape index (κ3) is 3.10. The van der Waals surface area contributed by atoms with E-state index in [-0.39, 0.29) is 3.57 Å². The second kappa shape index (κ2) is 4.99. The van der Waals surface area contributed by atoms with Crippen molar-refractivity contribution in [3.05, 3.63) is 33.1 Å². The molecule has 0 aliphatic heterocycles. The monoisotopic (exact) mass is 396 g/mol. The summed E-state index contributed by atoms with van der Waals surface area (Å²) < 4.78 is 72.4. The maximum atomic E-state index is 13.2. The maximum Gasteiger partial charge on any atom is 0.518 e. The number of hydrogen-bond acceptors (Lipinski definition) is 3. The van der Waals surface area contributed by atoms with Gasteiger partial charge in [0.25, 0.3) is 0 Å². The van der Waals surface area contributed by atoms with Crippen LogP contribution >= 0.6 is 22.6 Å². The van der Waals surface area contributed by atoms with Crippen molar-refractivity contribution in [1.29, 1.82) is 0 Å². The van der Waals surface area contributed by atoms with Gasteiger partial charge in [-0.25, -0.2) is 4.39 Å². The van der Waals surface area contributed by atoms with Crippen LogP contribution in [0.1, 0.15) is 5.56 Å². The van der Waals surface area contributed by atoms with Crippen molar-refractivity contribution in [1.82, 2.24) is 0 Å². The topological polar surface area (TPSA) is 69.6 Å². The molecule has 0 aromatic heterocycles.